The molecule has 0 radical (unpaired) electrons. The van der Waals surface area contributed by atoms with E-state index in [1.807, 2.05) is 13.8 Å². The van der Waals surface area contributed by atoms with E-state index in [0.29, 0.717) is 59.3 Å². The molecule has 8 rings (SSSR count). The lowest BCUT2D eigenvalue weighted by Crippen LogP contribution is -2.47. The number of benzene rings is 2. The summed E-state index contributed by atoms with van der Waals surface area (Å²) in [5.41, 5.74) is 1.03. The Labute approximate surface area is 318 Å². The van der Waals surface area contributed by atoms with Crippen molar-refractivity contribution in [2.75, 3.05) is 43.5 Å². The van der Waals surface area contributed by atoms with E-state index in [0.717, 1.165) is 24.8 Å². The molecule has 0 saturated heterocycles. The van der Waals surface area contributed by atoms with Gasteiger partial charge in [-0.15, -0.1) is 0 Å². The SMILES string of the molecule is CC1CC[C@@H](C(C)C)[C@H](OC(=O)N2CCCOc3ccc(cc3Cl)CNc3nc(nc(OCC(F)(F)F)n3)Nc3ccc(cc3)C(=O)NCC(C)(C)C2)C1. The Morgan fingerprint density at radius 3 is 2.52 bits per heavy atom. The Morgan fingerprint density at radius 2 is 1.81 bits per heavy atom. The minimum atomic E-state index is -4.60. The zero-order chi connectivity index (χ0) is 39.0. The number of amides is 2. The molecule has 0 spiro atoms. The minimum Gasteiger partial charge on any atom is -0.492 e. The van der Waals surface area contributed by atoms with Crippen molar-refractivity contribution in [3.63, 3.8) is 0 Å². The first kappa shape index (κ1) is 40.7. The van der Waals surface area contributed by atoms with Gasteiger partial charge in [0.1, 0.15) is 11.9 Å². The van der Waals surface area contributed by atoms with Gasteiger partial charge in [-0.25, -0.2) is 4.79 Å². The molecule has 2 aromatic carbocycles. The molecule has 1 saturated carbocycles. The Bertz CT molecular complexity index is 1750. The third-order valence-corrected chi connectivity index (χ3v) is 9.77. The maximum Gasteiger partial charge on any atom is 0.422 e. The molecular weight excluding hydrogens is 727 g/mol. The van der Waals surface area contributed by atoms with Crippen LogP contribution in [0.1, 0.15) is 76.2 Å². The Kier molecular flexibility index (Phi) is 13.4. The van der Waals surface area contributed by atoms with Crippen molar-refractivity contribution in [1.82, 2.24) is 25.2 Å². The number of carbonyl (C=O) groups excluding carboxylic acids is 2. The maximum absolute atomic E-state index is 13.9. The molecule has 3 N–H and O–H groups in total. The van der Waals surface area contributed by atoms with Gasteiger partial charge >= 0.3 is 18.3 Å². The average molecular weight is 776 g/mol. The zero-order valence-corrected chi connectivity index (χ0v) is 32.0. The predicted molar refractivity (Wildman–Crippen MR) is 199 cm³/mol. The monoisotopic (exact) mass is 775 g/mol. The number of anilines is 3. The molecule has 6 bridgehead atoms. The number of ether oxygens (including phenoxy) is 3. The van der Waals surface area contributed by atoms with Gasteiger partial charge in [0, 0.05) is 37.4 Å². The highest BCUT2D eigenvalue weighted by atomic mass is 35.5. The molecule has 1 aliphatic carbocycles. The van der Waals surface area contributed by atoms with Crippen molar-refractivity contribution >= 4 is 41.2 Å². The van der Waals surface area contributed by atoms with Crippen LogP contribution in [-0.2, 0) is 11.3 Å². The van der Waals surface area contributed by atoms with Crippen molar-refractivity contribution in [2.45, 2.75) is 79.1 Å². The highest BCUT2D eigenvalue weighted by Gasteiger charge is 2.36. The number of hydrogen-bond donors (Lipinski definition) is 3. The van der Waals surface area contributed by atoms with Gasteiger partial charge < -0.3 is 35.1 Å². The van der Waals surface area contributed by atoms with Gasteiger partial charge in [0.2, 0.25) is 11.9 Å². The predicted octanol–water partition coefficient (Wildman–Crippen LogP) is 8.26. The lowest BCUT2D eigenvalue weighted by Gasteiger charge is -2.39. The van der Waals surface area contributed by atoms with Crippen LogP contribution < -0.4 is 25.4 Å². The van der Waals surface area contributed by atoms with Crippen molar-refractivity contribution < 1.29 is 37.0 Å². The van der Waals surface area contributed by atoms with E-state index in [1.54, 1.807) is 47.4 Å². The molecular formula is C38H49ClF3N7O5. The second kappa shape index (κ2) is 17.7. The molecule has 3 aromatic rings. The minimum absolute atomic E-state index is 0.0463. The molecule has 1 fully saturated rings. The molecule has 3 atom stereocenters. The lowest BCUT2D eigenvalue weighted by molar-refractivity contribution is -0.154. The van der Waals surface area contributed by atoms with Crippen molar-refractivity contribution in [3.8, 4) is 11.8 Å². The van der Waals surface area contributed by atoms with Crippen LogP contribution >= 0.6 is 11.6 Å². The average Bonchev–Trinajstić information content (AvgIpc) is 3.10. The first-order valence-corrected chi connectivity index (χ1v) is 18.6. The fraction of sp³-hybridized carbons (Fsp3) is 0.553. The smallest absolute Gasteiger partial charge is 0.422 e. The number of nitrogens with zero attached hydrogens (tertiary/aromatic N) is 4. The second-order valence-electron chi connectivity index (χ2n) is 15.2. The van der Waals surface area contributed by atoms with Crippen molar-refractivity contribution in [1.29, 1.82) is 0 Å². The molecule has 1 aromatic heterocycles. The van der Waals surface area contributed by atoms with Crippen LogP contribution in [0.4, 0.5) is 35.5 Å². The Hall–Kier alpha value is -4.53. The van der Waals surface area contributed by atoms with E-state index < -0.39 is 24.2 Å². The highest BCUT2D eigenvalue weighted by molar-refractivity contribution is 6.32. The summed E-state index contributed by atoms with van der Waals surface area (Å²) in [4.78, 5) is 41.1. The molecule has 12 nitrogen and oxygen atoms in total. The van der Waals surface area contributed by atoms with Crippen molar-refractivity contribution in [3.05, 3.63) is 58.6 Å². The first-order valence-electron chi connectivity index (χ1n) is 18.2. The first-order chi connectivity index (χ1) is 25.5. The normalized spacial score (nSPS) is 21.3. The summed E-state index contributed by atoms with van der Waals surface area (Å²) in [6, 6.07) is 11.1. The van der Waals surface area contributed by atoms with E-state index in [1.165, 1.54) is 0 Å². The summed E-state index contributed by atoms with van der Waals surface area (Å²) in [5.74, 6) is 1.15. The van der Waals surface area contributed by atoms with Crippen LogP contribution in [0.2, 0.25) is 5.02 Å². The van der Waals surface area contributed by atoms with Gasteiger partial charge in [-0.1, -0.05) is 58.7 Å². The zero-order valence-electron chi connectivity index (χ0n) is 31.3. The van der Waals surface area contributed by atoms with Crippen LogP contribution in [0.3, 0.4) is 0 Å². The largest absolute Gasteiger partial charge is 0.492 e. The third-order valence-electron chi connectivity index (χ3n) is 9.48. The van der Waals surface area contributed by atoms with E-state index >= 15 is 0 Å². The number of rotatable bonds is 4. The quantitative estimate of drug-likeness (QED) is 0.237. The van der Waals surface area contributed by atoms with Crippen LogP contribution in [0, 0.1) is 23.2 Å². The number of halogens is 4. The van der Waals surface area contributed by atoms with Gasteiger partial charge in [0.25, 0.3) is 5.91 Å². The summed E-state index contributed by atoms with van der Waals surface area (Å²) in [6.07, 6.45) is -1.68. The third kappa shape index (κ3) is 12.0. The van der Waals surface area contributed by atoms with E-state index in [4.69, 9.17) is 25.8 Å². The summed E-state index contributed by atoms with van der Waals surface area (Å²) < 4.78 is 55.8. The standard InChI is InChI=1S/C38H49ClF3N7O5/c1-23(2)28-13-7-24(3)17-31(28)54-36(51)49-15-6-16-52-30-14-8-25(18-29(30)39)19-43-33-46-34(48-35(47-33)53-22-38(40,41)42)45-27-11-9-26(10-12-27)32(50)44-20-37(4,5)21-49/h8-12,14,18,23-24,28,31H,6-7,13,15-17,19-22H2,1-5H3,(H,44,50)(H2,43,45,46,47,48)/t24?,28-,31+/m0/s1. The topological polar surface area (TPSA) is 140 Å². The highest BCUT2D eigenvalue weighted by Crippen LogP contribution is 2.36. The molecule has 5 heterocycles. The van der Waals surface area contributed by atoms with Gasteiger partial charge in [-0.05, 0) is 84.4 Å². The summed E-state index contributed by atoms with van der Waals surface area (Å²) >= 11 is 6.58. The molecule has 16 heteroatoms. The number of carbonyl (C=O) groups is 2. The van der Waals surface area contributed by atoms with Gasteiger partial charge in [0.15, 0.2) is 6.61 Å². The maximum atomic E-state index is 13.9. The van der Waals surface area contributed by atoms with E-state index in [-0.39, 0.29) is 49.7 Å². The lowest BCUT2D eigenvalue weighted by atomic mass is 9.75. The van der Waals surface area contributed by atoms with Gasteiger partial charge in [0.05, 0.1) is 11.6 Å². The summed E-state index contributed by atoms with van der Waals surface area (Å²) in [6.45, 7) is 10.3. The Morgan fingerprint density at radius 1 is 1.07 bits per heavy atom. The number of hydrogen-bond acceptors (Lipinski definition) is 10. The number of aromatic nitrogens is 3. The molecule has 1 unspecified atom stereocenters. The molecule has 5 aliphatic rings. The molecule has 2 amide bonds. The van der Waals surface area contributed by atoms with Gasteiger partial charge in [-0.3, -0.25) is 4.79 Å². The fourth-order valence-corrected chi connectivity index (χ4v) is 6.87. The summed E-state index contributed by atoms with van der Waals surface area (Å²) in [5, 5.41) is 9.23. The molecule has 4 aliphatic heterocycles. The molecule has 294 valence electrons. The Balaban J connectivity index is 1.37. The van der Waals surface area contributed by atoms with Crippen LogP contribution in [0.25, 0.3) is 0 Å². The second-order valence-corrected chi connectivity index (χ2v) is 15.6. The van der Waals surface area contributed by atoms with Crippen LogP contribution in [-0.4, -0.2) is 77.0 Å². The van der Waals surface area contributed by atoms with E-state index in [2.05, 4.69) is 51.7 Å². The number of alkyl halides is 3. The fourth-order valence-electron chi connectivity index (χ4n) is 6.61. The van der Waals surface area contributed by atoms with Gasteiger partial charge in [-0.2, -0.15) is 28.1 Å². The summed E-state index contributed by atoms with van der Waals surface area (Å²) in [7, 11) is 0. The van der Waals surface area contributed by atoms with E-state index in [9.17, 15) is 22.8 Å². The van der Waals surface area contributed by atoms with Crippen LogP contribution in [0.15, 0.2) is 42.5 Å². The number of nitrogens with one attached hydrogen (secondary N) is 3. The van der Waals surface area contributed by atoms with Crippen molar-refractivity contribution in [2.24, 2.45) is 23.2 Å². The molecule has 54 heavy (non-hydrogen) atoms. The van der Waals surface area contributed by atoms with Crippen LogP contribution in [0.5, 0.6) is 11.8 Å².